The van der Waals surface area contributed by atoms with Crippen molar-refractivity contribution in [1.82, 2.24) is 0 Å². The molecule has 1 unspecified atom stereocenters. The number of ketones is 1. The van der Waals surface area contributed by atoms with E-state index in [0.29, 0.717) is 32.1 Å². The molecule has 5 heteroatoms. The molecule has 1 rings (SSSR count). The number of hydrogen-bond acceptors (Lipinski definition) is 4. The number of terminal acetylenes is 1. The molecule has 150 valence electrons. The van der Waals surface area contributed by atoms with Crippen LogP contribution in [0.15, 0.2) is 24.3 Å². The molecule has 0 heterocycles. The lowest BCUT2D eigenvalue weighted by molar-refractivity contribution is -0.137. The van der Waals surface area contributed by atoms with Gasteiger partial charge in [0.15, 0.2) is 0 Å². The number of allylic oxidation sites excluding steroid dienone is 2. The van der Waals surface area contributed by atoms with Gasteiger partial charge in [-0.2, -0.15) is 0 Å². The van der Waals surface area contributed by atoms with Crippen molar-refractivity contribution in [3.05, 3.63) is 24.3 Å². The van der Waals surface area contributed by atoms with Gasteiger partial charge in [0.2, 0.25) is 0 Å². The van der Waals surface area contributed by atoms with Gasteiger partial charge in [-0.05, 0) is 32.1 Å². The summed E-state index contributed by atoms with van der Waals surface area (Å²) in [5, 5.41) is 29.2. The third-order valence-corrected chi connectivity index (χ3v) is 5.08. The van der Waals surface area contributed by atoms with Crippen LogP contribution in [0.4, 0.5) is 0 Å². The van der Waals surface area contributed by atoms with E-state index in [1.807, 2.05) is 25.2 Å². The second-order valence-corrected chi connectivity index (χ2v) is 7.33. The summed E-state index contributed by atoms with van der Waals surface area (Å²) in [4.78, 5) is 22.7. The van der Waals surface area contributed by atoms with Crippen LogP contribution in [0.5, 0.6) is 0 Å². The molecule has 0 aromatic heterocycles. The molecule has 0 spiro atoms. The fourth-order valence-electron chi connectivity index (χ4n) is 3.38. The number of Topliss-reactive ketones (excluding diaryl/α,β-unsaturated/α-hetero) is 1. The van der Waals surface area contributed by atoms with Crippen molar-refractivity contribution in [3.8, 4) is 12.3 Å². The molecule has 1 aliphatic carbocycles. The van der Waals surface area contributed by atoms with Gasteiger partial charge in [0.1, 0.15) is 11.4 Å². The zero-order chi connectivity index (χ0) is 20.3. The molecule has 0 radical (unpaired) electrons. The van der Waals surface area contributed by atoms with Crippen molar-refractivity contribution in [1.29, 1.82) is 0 Å². The molecule has 0 aromatic carbocycles. The van der Waals surface area contributed by atoms with Crippen molar-refractivity contribution < 1.29 is 24.9 Å². The van der Waals surface area contributed by atoms with Gasteiger partial charge in [0.25, 0.3) is 0 Å². The first-order valence-electron chi connectivity index (χ1n) is 9.77. The smallest absolute Gasteiger partial charge is 0.303 e. The van der Waals surface area contributed by atoms with Gasteiger partial charge < -0.3 is 15.3 Å². The Labute approximate surface area is 162 Å². The van der Waals surface area contributed by atoms with Crippen LogP contribution in [0.2, 0.25) is 0 Å². The highest BCUT2D eigenvalue weighted by molar-refractivity contribution is 5.84. The Morgan fingerprint density at radius 2 is 2.07 bits per heavy atom. The summed E-state index contributed by atoms with van der Waals surface area (Å²) in [6, 6.07) is 0. The van der Waals surface area contributed by atoms with E-state index >= 15 is 0 Å². The highest BCUT2D eigenvalue weighted by Gasteiger charge is 2.39. The maximum absolute atomic E-state index is 12.2. The summed E-state index contributed by atoms with van der Waals surface area (Å²) < 4.78 is 0. The number of unbranched alkanes of at least 4 members (excludes halogenated alkanes) is 2. The van der Waals surface area contributed by atoms with E-state index in [4.69, 9.17) is 11.5 Å². The average Bonchev–Trinajstić information content (AvgIpc) is 2.89. The molecular weight excluding hydrogens is 344 g/mol. The molecule has 1 saturated carbocycles. The second-order valence-electron chi connectivity index (χ2n) is 7.33. The monoisotopic (exact) mass is 376 g/mol. The van der Waals surface area contributed by atoms with Crippen molar-refractivity contribution in [2.24, 2.45) is 11.8 Å². The van der Waals surface area contributed by atoms with Crippen LogP contribution >= 0.6 is 0 Å². The van der Waals surface area contributed by atoms with Crippen LogP contribution in [0.1, 0.15) is 64.7 Å². The highest BCUT2D eigenvalue weighted by atomic mass is 16.4. The number of rotatable bonds is 12. The minimum atomic E-state index is -1.18. The van der Waals surface area contributed by atoms with Gasteiger partial charge in [-0.1, -0.05) is 43.6 Å². The molecule has 3 N–H and O–H groups in total. The Morgan fingerprint density at radius 1 is 1.33 bits per heavy atom. The number of carbonyl (C=O) groups is 2. The lowest BCUT2D eigenvalue weighted by Gasteiger charge is -2.21. The fraction of sp³-hybridized carbons (Fsp3) is 0.636. The molecule has 0 aromatic rings. The topological polar surface area (TPSA) is 94.8 Å². The largest absolute Gasteiger partial charge is 0.481 e. The van der Waals surface area contributed by atoms with E-state index in [1.165, 1.54) is 0 Å². The zero-order valence-corrected chi connectivity index (χ0v) is 16.1. The predicted octanol–water partition coefficient (Wildman–Crippen LogP) is 3.25. The Morgan fingerprint density at radius 3 is 2.70 bits per heavy atom. The Balaban J connectivity index is 2.60. The average molecular weight is 376 g/mol. The number of aliphatic hydroxyl groups excluding tert-OH is 1. The molecule has 27 heavy (non-hydrogen) atoms. The molecule has 0 saturated heterocycles. The third-order valence-electron chi connectivity index (χ3n) is 5.08. The maximum atomic E-state index is 12.2. The van der Waals surface area contributed by atoms with Crippen LogP contribution in [-0.2, 0) is 9.59 Å². The SMILES string of the molecule is C#CC(O)(CC=C[C@H]1[C@H](O)CC(=O)[C@@H]1CC=CCCCC(=O)O)CCCC. The number of carbonyl (C=O) groups excluding carboxylic acids is 1. The number of hydrogen-bond donors (Lipinski definition) is 3. The summed E-state index contributed by atoms with van der Waals surface area (Å²) >= 11 is 0. The maximum Gasteiger partial charge on any atom is 0.303 e. The van der Waals surface area contributed by atoms with Gasteiger partial charge in [0.05, 0.1) is 6.10 Å². The van der Waals surface area contributed by atoms with E-state index < -0.39 is 17.7 Å². The van der Waals surface area contributed by atoms with E-state index in [-0.39, 0.29) is 30.5 Å². The van der Waals surface area contributed by atoms with Crippen LogP contribution in [-0.4, -0.2) is 38.8 Å². The van der Waals surface area contributed by atoms with E-state index in [9.17, 15) is 19.8 Å². The van der Waals surface area contributed by atoms with Gasteiger partial charge in [-0.25, -0.2) is 0 Å². The normalized spacial score (nSPS) is 25.1. The lowest BCUT2D eigenvalue weighted by Crippen LogP contribution is -2.25. The number of aliphatic hydroxyl groups is 2. The van der Waals surface area contributed by atoms with Crippen LogP contribution in [0.25, 0.3) is 0 Å². The predicted molar refractivity (Wildman–Crippen MR) is 105 cm³/mol. The molecular formula is C22H32O5. The molecule has 1 aliphatic rings. The molecule has 0 aliphatic heterocycles. The minimum absolute atomic E-state index is 0.0329. The molecule has 0 bridgehead atoms. The third kappa shape index (κ3) is 8.11. The van der Waals surface area contributed by atoms with Crippen molar-refractivity contribution in [3.63, 3.8) is 0 Å². The fourth-order valence-corrected chi connectivity index (χ4v) is 3.38. The van der Waals surface area contributed by atoms with E-state index in [1.54, 1.807) is 6.08 Å². The lowest BCUT2D eigenvalue weighted by atomic mass is 9.88. The number of aliphatic carboxylic acids is 1. The van der Waals surface area contributed by atoms with Crippen LogP contribution in [0, 0.1) is 24.2 Å². The zero-order valence-electron chi connectivity index (χ0n) is 16.1. The summed E-state index contributed by atoms with van der Waals surface area (Å²) in [7, 11) is 0. The first kappa shape index (κ1) is 23.1. The van der Waals surface area contributed by atoms with E-state index in [0.717, 1.165) is 12.8 Å². The number of carboxylic acids is 1. The molecule has 4 atom stereocenters. The van der Waals surface area contributed by atoms with Crippen LogP contribution < -0.4 is 0 Å². The molecule has 0 amide bonds. The van der Waals surface area contributed by atoms with Gasteiger partial charge in [-0.3, -0.25) is 9.59 Å². The summed E-state index contributed by atoms with van der Waals surface area (Å²) in [5.41, 5.74) is -1.18. The van der Waals surface area contributed by atoms with E-state index in [2.05, 4.69) is 5.92 Å². The standard InChI is InChI=1S/C22H32O5/c1-3-5-14-22(27,4-2)15-10-12-18-17(19(23)16-20(18)24)11-8-6-7-9-13-21(25)26/h2,6,8,10,12,17-18,20,24,27H,3,5,7,9,11,13-16H2,1H3,(H,25,26)/t17-,18-,20-,22?/m1/s1. The van der Waals surface area contributed by atoms with Crippen molar-refractivity contribution >= 4 is 11.8 Å². The quantitative estimate of drug-likeness (QED) is 0.276. The number of carboxylic acid groups (broad SMARTS) is 1. The molecule has 1 fully saturated rings. The second kappa shape index (κ2) is 11.7. The van der Waals surface area contributed by atoms with Gasteiger partial charge in [0, 0.05) is 31.1 Å². The first-order valence-corrected chi connectivity index (χ1v) is 9.77. The first-order chi connectivity index (χ1) is 12.8. The molecule has 5 nitrogen and oxygen atoms in total. The van der Waals surface area contributed by atoms with Crippen molar-refractivity contribution in [2.75, 3.05) is 0 Å². The Bertz CT molecular complexity index is 586. The summed E-state index contributed by atoms with van der Waals surface area (Å²) in [5.74, 6) is 1.10. The Kier molecular flexibility index (Phi) is 10.1. The summed E-state index contributed by atoms with van der Waals surface area (Å²) in [6.45, 7) is 2.03. The summed E-state index contributed by atoms with van der Waals surface area (Å²) in [6.07, 6.45) is 16.8. The van der Waals surface area contributed by atoms with Crippen LogP contribution in [0.3, 0.4) is 0 Å². The van der Waals surface area contributed by atoms with Gasteiger partial charge in [-0.15, -0.1) is 6.42 Å². The Hall–Kier alpha value is -1.90. The highest BCUT2D eigenvalue weighted by Crippen LogP contribution is 2.33. The minimum Gasteiger partial charge on any atom is -0.481 e. The van der Waals surface area contributed by atoms with Gasteiger partial charge >= 0.3 is 5.97 Å². The van der Waals surface area contributed by atoms with Crippen molar-refractivity contribution in [2.45, 2.75) is 76.4 Å².